The molecule has 0 aliphatic carbocycles. The number of nitrogens with one attached hydrogen (secondary N) is 3. The molecule has 152 valence electrons. The van der Waals surface area contributed by atoms with Crippen molar-refractivity contribution in [1.29, 1.82) is 0 Å². The molecule has 0 amide bonds. The van der Waals surface area contributed by atoms with E-state index >= 15 is 0 Å². The zero-order valence-corrected chi connectivity index (χ0v) is 17.1. The second-order valence-corrected chi connectivity index (χ2v) is 7.89. The van der Waals surface area contributed by atoms with Crippen LogP contribution in [0, 0.1) is 6.92 Å². The van der Waals surface area contributed by atoms with Gasteiger partial charge in [-0.2, -0.15) is 0 Å². The smallest absolute Gasteiger partial charge is 0.192 e. The number of hydrogen-bond acceptors (Lipinski definition) is 7. The lowest BCUT2D eigenvalue weighted by Crippen LogP contribution is -2.10. The molecule has 0 bridgehead atoms. The Kier molecular flexibility index (Phi) is 5.55. The minimum atomic E-state index is -1.27. The van der Waals surface area contributed by atoms with E-state index in [2.05, 4.69) is 25.3 Å². The zero-order valence-electron chi connectivity index (χ0n) is 16.3. The Morgan fingerprint density at radius 3 is 2.40 bits per heavy atom. The summed E-state index contributed by atoms with van der Waals surface area (Å²) in [6, 6.07) is 15.7. The quantitative estimate of drug-likeness (QED) is 0.436. The monoisotopic (exact) mass is 421 g/mol. The average Bonchev–Trinajstić information content (AvgIpc) is 2.73. The van der Waals surface area contributed by atoms with Crippen molar-refractivity contribution >= 4 is 45.0 Å². The molecular weight excluding hydrogens is 402 g/mol. The largest absolute Gasteiger partial charge is 0.461 e. The lowest BCUT2D eigenvalue weighted by atomic mass is 10.2. The number of nitrogens with zero attached hydrogens (tertiary/aromatic N) is 2. The summed E-state index contributed by atoms with van der Waals surface area (Å²) in [5, 5.41) is 6.89. The first-order valence-corrected chi connectivity index (χ1v) is 10.3. The second kappa shape index (κ2) is 8.44. The molecule has 0 radical (unpaired) electrons. The standard InChI is InChI=1S/C21H19N5O3S/c1-13-8-18(27)17-7-6-15(10-19(17)29-13)26-21-11-20(23-12-24-21)25-14-4-3-5-16(9-14)30(28)22-2/h3-12,22H,1-2H3,(H2,23,24,25,26). The maximum Gasteiger partial charge on any atom is 0.192 e. The topological polar surface area (TPSA) is 109 Å². The van der Waals surface area contributed by atoms with Crippen LogP contribution in [0.3, 0.4) is 0 Å². The van der Waals surface area contributed by atoms with Gasteiger partial charge in [0.15, 0.2) is 5.43 Å². The number of anilines is 4. The van der Waals surface area contributed by atoms with Gasteiger partial charge in [-0.05, 0) is 44.3 Å². The van der Waals surface area contributed by atoms with Crippen molar-refractivity contribution < 1.29 is 8.63 Å². The molecule has 0 aliphatic heterocycles. The van der Waals surface area contributed by atoms with E-state index in [0.717, 1.165) is 11.4 Å². The van der Waals surface area contributed by atoms with E-state index in [1.807, 2.05) is 12.1 Å². The predicted molar refractivity (Wildman–Crippen MR) is 118 cm³/mol. The molecule has 0 saturated carbocycles. The summed E-state index contributed by atoms with van der Waals surface area (Å²) in [5.41, 5.74) is 1.91. The van der Waals surface area contributed by atoms with E-state index < -0.39 is 11.0 Å². The van der Waals surface area contributed by atoms with Gasteiger partial charge in [0.05, 0.1) is 10.3 Å². The third-order valence-corrected chi connectivity index (χ3v) is 5.35. The van der Waals surface area contributed by atoms with E-state index in [9.17, 15) is 9.00 Å². The molecule has 4 rings (SSSR count). The molecule has 4 aromatic rings. The van der Waals surface area contributed by atoms with Gasteiger partial charge in [-0.15, -0.1) is 0 Å². The first kappa shape index (κ1) is 19.7. The van der Waals surface area contributed by atoms with Crippen LogP contribution in [0.5, 0.6) is 0 Å². The molecule has 2 heterocycles. The molecule has 0 saturated heterocycles. The molecule has 0 aliphatic rings. The van der Waals surface area contributed by atoms with Crippen LogP contribution in [-0.4, -0.2) is 21.2 Å². The fraction of sp³-hybridized carbons (Fsp3) is 0.0952. The van der Waals surface area contributed by atoms with Gasteiger partial charge in [-0.1, -0.05) is 6.07 Å². The number of aromatic nitrogens is 2. The van der Waals surface area contributed by atoms with E-state index in [1.54, 1.807) is 50.4 Å². The zero-order chi connectivity index (χ0) is 21.1. The summed E-state index contributed by atoms with van der Waals surface area (Å²) in [6.45, 7) is 1.74. The van der Waals surface area contributed by atoms with Gasteiger partial charge in [0.1, 0.15) is 40.3 Å². The maximum atomic E-state index is 12.0. The molecule has 3 N–H and O–H groups in total. The summed E-state index contributed by atoms with van der Waals surface area (Å²) in [4.78, 5) is 21.2. The van der Waals surface area contributed by atoms with Crippen LogP contribution in [0.1, 0.15) is 5.76 Å². The van der Waals surface area contributed by atoms with Crippen molar-refractivity contribution in [3.63, 3.8) is 0 Å². The summed E-state index contributed by atoms with van der Waals surface area (Å²) < 4.78 is 20.3. The SMILES string of the molecule is CNS(=O)c1cccc(Nc2cc(Nc3ccc4c(=O)cc(C)oc4c3)ncn2)c1. The molecule has 1 unspecified atom stereocenters. The van der Waals surface area contributed by atoms with Gasteiger partial charge in [-0.3, -0.25) is 4.79 Å². The molecule has 8 nitrogen and oxygen atoms in total. The Labute approximate surface area is 175 Å². The highest BCUT2D eigenvalue weighted by atomic mass is 32.2. The van der Waals surface area contributed by atoms with Crippen molar-refractivity contribution in [3.8, 4) is 0 Å². The van der Waals surface area contributed by atoms with Crippen molar-refractivity contribution in [3.05, 3.63) is 76.9 Å². The van der Waals surface area contributed by atoms with Crippen LogP contribution in [0.15, 0.2) is 75.0 Å². The fourth-order valence-electron chi connectivity index (χ4n) is 2.95. The Balaban J connectivity index is 1.56. The summed E-state index contributed by atoms with van der Waals surface area (Å²) >= 11 is 0. The lowest BCUT2D eigenvalue weighted by Gasteiger charge is -2.10. The molecule has 2 aromatic carbocycles. The van der Waals surface area contributed by atoms with Crippen LogP contribution < -0.4 is 20.8 Å². The predicted octanol–water partition coefficient (Wildman–Crippen LogP) is 3.62. The van der Waals surface area contributed by atoms with Crippen molar-refractivity contribution in [2.75, 3.05) is 17.7 Å². The van der Waals surface area contributed by atoms with Crippen molar-refractivity contribution in [1.82, 2.24) is 14.7 Å². The third kappa shape index (κ3) is 4.37. The van der Waals surface area contributed by atoms with Gasteiger partial charge in [-0.25, -0.2) is 18.9 Å². The highest BCUT2D eigenvalue weighted by molar-refractivity contribution is 7.83. The van der Waals surface area contributed by atoms with Gasteiger partial charge in [0.2, 0.25) is 0 Å². The Morgan fingerprint density at radius 2 is 1.67 bits per heavy atom. The van der Waals surface area contributed by atoms with E-state index in [-0.39, 0.29) is 5.43 Å². The first-order valence-electron chi connectivity index (χ1n) is 9.12. The van der Waals surface area contributed by atoms with Gasteiger partial charge >= 0.3 is 0 Å². The Morgan fingerprint density at radius 1 is 0.933 bits per heavy atom. The van der Waals surface area contributed by atoms with E-state index in [4.69, 9.17) is 4.42 Å². The van der Waals surface area contributed by atoms with Crippen molar-refractivity contribution in [2.45, 2.75) is 11.8 Å². The van der Waals surface area contributed by atoms with Crippen LogP contribution in [0.4, 0.5) is 23.0 Å². The number of aryl methyl sites for hydroxylation is 1. The third-order valence-electron chi connectivity index (χ3n) is 4.30. The summed E-state index contributed by atoms with van der Waals surface area (Å²) in [5.74, 6) is 1.69. The van der Waals surface area contributed by atoms with Crippen LogP contribution in [-0.2, 0) is 11.0 Å². The normalized spacial score (nSPS) is 11.9. The van der Waals surface area contributed by atoms with Crippen LogP contribution >= 0.6 is 0 Å². The molecule has 9 heteroatoms. The van der Waals surface area contributed by atoms with E-state index in [0.29, 0.717) is 33.3 Å². The molecule has 0 spiro atoms. The van der Waals surface area contributed by atoms with Gasteiger partial charge in [0.25, 0.3) is 0 Å². The average molecular weight is 421 g/mol. The fourth-order valence-corrected chi connectivity index (χ4v) is 3.62. The Hall–Kier alpha value is -3.56. The Bertz CT molecular complexity index is 1310. The van der Waals surface area contributed by atoms with Crippen LogP contribution in [0.2, 0.25) is 0 Å². The molecule has 0 fully saturated rings. The highest BCUT2D eigenvalue weighted by Crippen LogP contribution is 2.23. The molecule has 1 atom stereocenters. The van der Waals surface area contributed by atoms with E-state index in [1.165, 1.54) is 12.4 Å². The lowest BCUT2D eigenvalue weighted by molar-refractivity contribution is 0.565. The maximum absolute atomic E-state index is 12.0. The second-order valence-electron chi connectivity index (χ2n) is 6.47. The summed E-state index contributed by atoms with van der Waals surface area (Å²) in [7, 11) is 0.366. The molecule has 2 aromatic heterocycles. The highest BCUT2D eigenvalue weighted by Gasteiger charge is 2.07. The summed E-state index contributed by atoms with van der Waals surface area (Å²) in [6.07, 6.45) is 1.44. The molecule has 30 heavy (non-hydrogen) atoms. The number of fused-ring (bicyclic) bond motifs is 1. The van der Waals surface area contributed by atoms with Crippen LogP contribution in [0.25, 0.3) is 11.0 Å². The minimum absolute atomic E-state index is 0.0738. The molecular formula is C21H19N5O3S. The van der Waals surface area contributed by atoms with Gasteiger partial charge < -0.3 is 15.1 Å². The first-order chi connectivity index (χ1) is 14.5. The number of hydrogen-bond donors (Lipinski definition) is 3. The number of benzene rings is 2. The van der Waals surface area contributed by atoms with Crippen molar-refractivity contribution in [2.24, 2.45) is 0 Å². The minimum Gasteiger partial charge on any atom is -0.461 e. The number of rotatable bonds is 6. The van der Waals surface area contributed by atoms with Gasteiger partial charge in [0, 0.05) is 29.6 Å².